The van der Waals surface area contributed by atoms with Gasteiger partial charge in [0.15, 0.2) is 0 Å². The second-order valence-electron chi connectivity index (χ2n) is 4.42. The van der Waals surface area contributed by atoms with Crippen LogP contribution in [0.15, 0.2) is 28.7 Å². The normalized spacial score (nSPS) is 12.6. The minimum atomic E-state index is -0.930. The third kappa shape index (κ3) is 4.39. The van der Waals surface area contributed by atoms with Crippen molar-refractivity contribution in [1.29, 1.82) is 0 Å². The van der Waals surface area contributed by atoms with Crippen molar-refractivity contribution in [2.75, 3.05) is 11.4 Å². The van der Waals surface area contributed by atoms with Gasteiger partial charge in [0.2, 0.25) is 0 Å². The second kappa shape index (κ2) is 7.34. The summed E-state index contributed by atoms with van der Waals surface area (Å²) in [5.41, 5.74) is 1.98. The molecule has 0 aliphatic heterocycles. The average Bonchev–Trinajstić information content (AvgIpc) is 2.38. The Kier molecular flexibility index (Phi) is 6.09. The van der Waals surface area contributed by atoms with Gasteiger partial charge in [0.05, 0.1) is 0 Å². The monoisotopic (exact) mass is 325 g/mol. The fourth-order valence-corrected chi connectivity index (χ4v) is 2.36. The summed E-state index contributed by atoms with van der Waals surface area (Å²) >= 11 is 3.48. The molecule has 3 nitrogen and oxygen atoms in total. The first-order valence-corrected chi connectivity index (χ1v) is 7.26. The van der Waals surface area contributed by atoms with E-state index in [1.807, 2.05) is 18.2 Å². The van der Waals surface area contributed by atoms with Gasteiger partial charge in [-0.1, -0.05) is 28.9 Å². The molecule has 0 radical (unpaired) electrons. The summed E-state index contributed by atoms with van der Waals surface area (Å²) in [5, 5.41) is 8.76. The average molecular weight is 326 g/mol. The van der Waals surface area contributed by atoms with Crippen molar-refractivity contribution in [3.63, 3.8) is 0 Å². The van der Waals surface area contributed by atoms with E-state index in [0.29, 0.717) is 6.04 Å². The van der Waals surface area contributed by atoms with Gasteiger partial charge in [-0.3, -0.25) is 0 Å². The lowest BCUT2D eigenvalue weighted by Crippen LogP contribution is -2.32. The molecule has 0 saturated heterocycles. The van der Waals surface area contributed by atoms with E-state index >= 15 is 0 Å². The number of rotatable bonds is 6. The number of nitrogens with zero attached hydrogens (tertiary/aromatic N) is 1. The quantitative estimate of drug-likeness (QED) is 0.798. The first-order chi connectivity index (χ1) is 8.99. The van der Waals surface area contributed by atoms with Crippen LogP contribution in [-0.2, 0) is 4.79 Å². The van der Waals surface area contributed by atoms with Gasteiger partial charge >= 0.3 is 5.97 Å². The molecule has 1 rings (SSSR count). The van der Waals surface area contributed by atoms with Crippen LogP contribution in [0.2, 0.25) is 0 Å². The number of anilines is 1. The number of carboxylic acids is 1. The molecular weight excluding hydrogens is 306 g/mol. The zero-order valence-corrected chi connectivity index (χ0v) is 13.1. The maximum Gasteiger partial charge on any atom is 0.328 e. The van der Waals surface area contributed by atoms with Crippen LogP contribution in [0.4, 0.5) is 5.69 Å². The summed E-state index contributed by atoms with van der Waals surface area (Å²) in [6.45, 7) is 7.32. The highest BCUT2D eigenvalue weighted by molar-refractivity contribution is 9.10. The van der Waals surface area contributed by atoms with E-state index in [1.165, 1.54) is 6.08 Å². The highest BCUT2D eigenvalue weighted by atomic mass is 79.9. The zero-order valence-electron chi connectivity index (χ0n) is 11.6. The van der Waals surface area contributed by atoms with Gasteiger partial charge in [0, 0.05) is 28.8 Å². The molecule has 1 atom stereocenters. The van der Waals surface area contributed by atoms with Gasteiger partial charge in [0.25, 0.3) is 0 Å². The molecule has 0 aliphatic carbocycles. The Bertz CT molecular complexity index is 471. The largest absolute Gasteiger partial charge is 0.478 e. The molecule has 1 aromatic rings. The summed E-state index contributed by atoms with van der Waals surface area (Å²) in [4.78, 5) is 13.0. The van der Waals surface area contributed by atoms with Crippen molar-refractivity contribution in [2.24, 2.45) is 0 Å². The van der Waals surface area contributed by atoms with E-state index in [1.54, 1.807) is 6.08 Å². The summed E-state index contributed by atoms with van der Waals surface area (Å²) in [6, 6.07) is 6.31. The number of carbonyl (C=O) groups is 1. The van der Waals surface area contributed by atoms with Gasteiger partial charge < -0.3 is 10.0 Å². The van der Waals surface area contributed by atoms with Gasteiger partial charge in [0.1, 0.15) is 0 Å². The Morgan fingerprint density at radius 2 is 2.16 bits per heavy atom. The van der Waals surface area contributed by atoms with Crippen molar-refractivity contribution < 1.29 is 9.90 Å². The van der Waals surface area contributed by atoms with Gasteiger partial charge in [-0.25, -0.2) is 4.79 Å². The van der Waals surface area contributed by atoms with Crippen molar-refractivity contribution in [1.82, 2.24) is 0 Å². The molecule has 0 saturated carbocycles. The van der Waals surface area contributed by atoms with E-state index in [4.69, 9.17) is 5.11 Å². The number of benzene rings is 1. The molecule has 0 spiro atoms. The fraction of sp³-hybridized carbons (Fsp3) is 0.400. The number of hydrogen-bond acceptors (Lipinski definition) is 2. The Morgan fingerprint density at radius 3 is 2.68 bits per heavy atom. The van der Waals surface area contributed by atoms with Crippen LogP contribution in [0.25, 0.3) is 6.08 Å². The van der Waals surface area contributed by atoms with E-state index in [0.717, 1.165) is 28.7 Å². The SMILES string of the molecule is CCC(C)N(CC)c1cc(Br)ccc1/C=C/C(=O)O. The van der Waals surface area contributed by atoms with Crippen molar-refractivity contribution in [3.8, 4) is 0 Å². The van der Waals surface area contributed by atoms with E-state index in [9.17, 15) is 4.79 Å². The number of carboxylic acid groups (broad SMARTS) is 1. The molecule has 0 aromatic heterocycles. The molecule has 0 bridgehead atoms. The minimum absolute atomic E-state index is 0.413. The second-order valence-corrected chi connectivity index (χ2v) is 5.33. The highest BCUT2D eigenvalue weighted by Gasteiger charge is 2.14. The predicted molar refractivity (Wildman–Crippen MR) is 83.6 cm³/mol. The topological polar surface area (TPSA) is 40.5 Å². The first-order valence-electron chi connectivity index (χ1n) is 6.46. The zero-order chi connectivity index (χ0) is 14.4. The lowest BCUT2D eigenvalue weighted by molar-refractivity contribution is -0.131. The number of halogens is 1. The third-order valence-corrected chi connectivity index (χ3v) is 3.66. The van der Waals surface area contributed by atoms with E-state index in [-0.39, 0.29) is 0 Å². The Hall–Kier alpha value is -1.29. The minimum Gasteiger partial charge on any atom is -0.478 e. The first kappa shape index (κ1) is 15.8. The molecular formula is C15H20BrNO2. The maximum atomic E-state index is 10.7. The van der Waals surface area contributed by atoms with Gasteiger partial charge in [-0.05, 0) is 44.0 Å². The number of hydrogen-bond donors (Lipinski definition) is 1. The molecule has 1 aromatic carbocycles. The van der Waals surface area contributed by atoms with Crippen molar-refractivity contribution in [3.05, 3.63) is 34.3 Å². The van der Waals surface area contributed by atoms with Gasteiger partial charge in [-0.2, -0.15) is 0 Å². The standard InChI is InChI=1S/C15H20BrNO2/c1-4-11(3)17(5-2)14-10-13(16)8-6-12(14)7-9-15(18)19/h6-11H,4-5H2,1-3H3,(H,18,19)/b9-7+. The van der Waals surface area contributed by atoms with Crippen molar-refractivity contribution >= 4 is 33.7 Å². The van der Waals surface area contributed by atoms with Gasteiger partial charge in [-0.15, -0.1) is 0 Å². The number of aliphatic carboxylic acids is 1. The highest BCUT2D eigenvalue weighted by Crippen LogP contribution is 2.28. The van der Waals surface area contributed by atoms with Crippen LogP contribution in [-0.4, -0.2) is 23.7 Å². The molecule has 4 heteroatoms. The summed E-state index contributed by atoms with van der Waals surface area (Å²) in [6.07, 6.45) is 3.87. The Labute approximate surface area is 123 Å². The fourth-order valence-electron chi connectivity index (χ4n) is 2.01. The summed E-state index contributed by atoms with van der Waals surface area (Å²) in [5.74, 6) is -0.930. The lowest BCUT2D eigenvalue weighted by Gasteiger charge is -2.31. The molecule has 1 unspecified atom stereocenters. The van der Waals surface area contributed by atoms with E-state index in [2.05, 4.69) is 41.6 Å². The van der Waals surface area contributed by atoms with Crippen LogP contribution >= 0.6 is 15.9 Å². The lowest BCUT2D eigenvalue weighted by atomic mass is 10.1. The maximum absolute atomic E-state index is 10.7. The third-order valence-electron chi connectivity index (χ3n) is 3.17. The molecule has 0 amide bonds. The van der Waals surface area contributed by atoms with Crippen LogP contribution in [0.3, 0.4) is 0 Å². The molecule has 1 N–H and O–H groups in total. The molecule has 0 fully saturated rings. The molecule has 104 valence electrons. The smallest absolute Gasteiger partial charge is 0.328 e. The van der Waals surface area contributed by atoms with E-state index < -0.39 is 5.97 Å². The Balaban J connectivity index is 3.22. The Morgan fingerprint density at radius 1 is 1.47 bits per heavy atom. The van der Waals surface area contributed by atoms with Crippen LogP contribution in [0.1, 0.15) is 32.8 Å². The van der Waals surface area contributed by atoms with Crippen LogP contribution in [0, 0.1) is 0 Å². The molecule has 0 heterocycles. The summed E-state index contributed by atoms with van der Waals surface area (Å²) < 4.78 is 0.997. The van der Waals surface area contributed by atoms with Crippen molar-refractivity contribution in [2.45, 2.75) is 33.2 Å². The van der Waals surface area contributed by atoms with Crippen LogP contribution < -0.4 is 4.90 Å². The summed E-state index contributed by atoms with van der Waals surface area (Å²) in [7, 11) is 0. The van der Waals surface area contributed by atoms with Crippen LogP contribution in [0.5, 0.6) is 0 Å². The predicted octanol–water partition coefficient (Wildman–Crippen LogP) is 4.17. The molecule has 0 aliphatic rings. The molecule has 19 heavy (non-hydrogen) atoms.